The zero-order chi connectivity index (χ0) is 18.5. The predicted octanol–water partition coefficient (Wildman–Crippen LogP) is 3.21. The van der Waals surface area contributed by atoms with Crippen molar-refractivity contribution in [2.24, 2.45) is 0 Å². The molecule has 0 radical (unpaired) electrons. The number of aromatic nitrogens is 2. The lowest BCUT2D eigenvalue weighted by Gasteiger charge is -2.06. The summed E-state index contributed by atoms with van der Waals surface area (Å²) in [4.78, 5) is 12.2. The summed E-state index contributed by atoms with van der Waals surface area (Å²) >= 11 is 0. The van der Waals surface area contributed by atoms with Crippen molar-refractivity contribution in [2.75, 3.05) is 12.3 Å². The summed E-state index contributed by atoms with van der Waals surface area (Å²) in [7, 11) is 0. The van der Waals surface area contributed by atoms with Gasteiger partial charge >= 0.3 is 11.9 Å². The molecule has 0 atom stereocenters. The first kappa shape index (κ1) is 18.0. The van der Waals surface area contributed by atoms with Crippen molar-refractivity contribution in [1.82, 2.24) is 4.57 Å². The summed E-state index contributed by atoms with van der Waals surface area (Å²) in [5.74, 6) is 0.302. The van der Waals surface area contributed by atoms with Crippen LogP contribution in [0.25, 0.3) is 11.0 Å². The second-order valence-corrected chi connectivity index (χ2v) is 6.52. The zero-order valence-electron chi connectivity index (χ0n) is 15.4. The molecule has 0 unspecified atom stereocenters. The zero-order valence-corrected chi connectivity index (χ0v) is 15.4. The van der Waals surface area contributed by atoms with Crippen LogP contribution in [0.4, 0.5) is 5.95 Å². The van der Waals surface area contributed by atoms with E-state index in [2.05, 4.69) is 30.5 Å². The van der Waals surface area contributed by atoms with E-state index in [1.165, 1.54) is 11.1 Å². The third-order valence-corrected chi connectivity index (χ3v) is 4.65. The molecule has 0 amide bonds. The van der Waals surface area contributed by atoms with Gasteiger partial charge in [0.15, 0.2) is 6.54 Å². The molecule has 136 valence electrons. The highest BCUT2D eigenvalue weighted by Crippen LogP contribution is 2.18. The van der Waals surface area contributed by atoms with Gasteiger partial charge in [-0.15, -0.1) is 0 Å². The lowest BCUT2D eigenvalue weighted by Crippen LogP contribution is -2.37. The van der Waals surface area contributed by atoms with Gasteiger partial charge in [0.05, 0.1) is 13.2 Å². The molecule has 26 heavy (non-hydrogen) atoms. The molecule has 1 aromatic heterocycles. The fraction of sp³-hybridized carbons (Fsp3) is 0.333. The molecule has 0 fully saturated rings. The van der Waals surface area contributed by atoms with Crippen molar-refractivity contribution in [2.45, 2.75) is 39.8 Å². The molecule has 0 spiro atoms. The van der Waals surface area contributed by atoms with Crippen molar-refractivity contribution >= 4 is 23.0 Å². The minimum Gasteiger partial charge on any atom is -0.463 e. The van der Waals surface area contributed by atoms with E-state index >= 15 is 0 Å². The molecule has 0 aliphatic carbocycles. The standard InChI is InChI=1S/C21H25N3O2/c1-3-4-13-26-20(25)15-24-19-12-8-7-11-18(19)23(21(24)22)14-17-10-6-5-9-16(17)2/h5-12,22H,3-4,13-15H2,1-2H3/p+1. The maximum Gasteiger partial charge on any atom is 0.356 e. The Kier molecular flexibility index (Phi) is 5.56. The van der Waals surface area contributed by atoms with Gasteiger partial charge in [0.2, 0.25) is 0 Å². The number of imidazole rings is 1. The summed E-state index contributed by atoms with van der Waals surface area (Å²) in [5.41, 5.74) is 10.8. The van der Waals surface area contributed by atoms with Crippen LogP contribution in [0.3, 0.4) is 0 Å². The number of hydrogen-bond donors (Lipinski definition) is 1. The van der Waals surface area contributed by atoms with Gasteiger partial charge in [-0.05, 0) is 36.6 Å². The Morgan fingerprint density at radius 3 is 2.65 bits per heavy atom. The first-order valence-electron chi connectivity index (χ1n) is 9.08. The van der Waals surface area contributed by atoms with Crippen LogP contribution in [0.1, 0.15) is 30.9 Å². The van der Waals surface area contributed by atoms with Crippen LogP contribution < -0.4 is 10.3 Å². The number of fused-ring (bicyclic) bond motifs is 1. The number of nitrogens with zero attached hydrogens (tertiary/aromatic N) is 2. The number of ether oxygens (including phenoxy) is 1. The minimum atomic E-state index is -0.256. The number of hydrogen-bond acceptors (Lipinski definition) is 3. The van der Waals surface area contributed by atoms with Crippen LogP contribution in [0, 0.1) is 6.92 Å². The Morgan fingerprint density at radius 1 is 1.15 bits per heavy atom. The number of aryl methyl sites for hydroxylation is 1. The molecule has 0 saturated heterocycles. The van der Waals surface area contributed by atoms with Gasteiger partial charge in [-0.25, -0.2) is 13.9 Å². The highest BCUT2D eigenvalue weighted by molar-refractivity contribution is 5.77. The SMILES string of the molecule is CCCCOC(=O)Cn1c(N)[n+](Cc2ccccc2C)c2ccccc21. The fourth-order valence-corrected chi connectivity index (χ4v) is 3.11. The van der Waals surface area contributed by atoms with Crippen LogP contribution in [0.15, 0.2) is 48.5 Å². The average molecular weight is 352 g/mol. The summed E-state index contributed by atoms with van der Waals surface area (Å²) in [6, 6.07) is 16.2. The topological polar surface area (TPSA) is 61.1 Å². The molecule has 1 heterocycles. The monoisotopic (exact) mass is 352 g/mol. The van der Waals surface area contributed by atoms with E-state index in [4.69, 9.17) is 10.5 Å². The van der Waals surface area contributed by atoms with Crippen LogP contribution in [0.2, 0.25) is 0 Å². The summed E-state index contributed by atoms with van der Waals surface area (Å²) in [6.07, 6.45) is 1.87. The quantitative estimate of drug-likeness (QED) is 0.403. The molecule has 2 aromatic carbocycles. The van der Waals surface area contributed by atoms with Gasteiger partial charge in [-0.2, -0.15) is 0 Å². The normalized spacial score (nSPS) is 11.0. The van der Waals surface area contributed by atoms with Gasteiger partial charge in [-0.3, -0.25) is 5.73 Å². The number of carbonyl (C=O) groups is 1. The van der Waals surface area contributed by atoms with Crippen molar-refractivity contribution in [3.8, 4) is 0 Å². The number of rotatable bonds is 7. The molecule has 5 heteroatoms. The number of nitrogens with two attached hydrogens (primary N) is 1. The van der Waals surface area contributed by atoms with E-state index in [0.717, 1.165) is 23.9 Å². The van der Waals surface area contributed by atoms with E-state index in [1.807, 2.05) is 41.0 Å². The Balaban J connectivity index is 1.94. The van der Waals surface area contributed by atoms with E-state index in [9.17, 15) is 4.79 Å². The summed E-state index contributed by atoms with van der Waals surface area (Å²) < 4.78 is 9.20. The molecule has 3 rings (SSSR count). The molecular formula is C21H26N3O2+. The highest BCUT2D eigenvalue weighted by Gasteiger charge is 2.23. The van der Waals surface area contributed by atoms with Crippen molar-refractivity contribution in [3.05, 3.63) is 59.7 Å². The van der Waals surface area contributed by atoms with Gasteiger partial charge in [-0.1, -0.05) is 49.7 Å². The second kappa shape index (κ2) is 8.04. The number of unbranched alkanes of at least 4 members (excludes halogenated alkanes) is 1. The molecule has 3 aromatic rings. The Hall–Kier alpha value is -2.82. The number of benzene rings is 2. The first-order chi connectivity index (χ1) is 12.6. The van der Waals surface area contributed by atoms with E-state index in [0.29, 0.717) is 19.1 Å². The summed E-state index contributed by atoms with van der Waals surface area (Å²) in [5, 5.41) is 0. The first-order valence-corrected chi connectivity index (χ1v) is 9.08. The van der Waals surface area contributed by atoms with Gasteiger partial charge in [0, 0.05) is 0 Å². The molecule has 5 nitrogen and oxygen atoms in total. The number of anilines is 1. The molecular weight excluding hydrogens is 326 g/mol. The Bertz CT molecular complexity index is 915. The fourth-order valence-electron chi connectivity index (χ4n) is 3.11. The number of para-hydroxylation sites is 2. The van der Waals surface area contributed by atoms with Crippen molar-refractivity contribution in [1.29, 1.82) is 0 Å². The average Bonchev–Trinajstić information content (AvgIpc) is 2.90. The largest absolute Gasteiger partial charge is 0.463 e. The summed E-state index contributed by atoms with van der Waals surface area (Å²) in [6.45, 7) is 5.40. The molecule has 2 N–H and O–H groups in total. The molecule has 0 bridgehead atoms. The number of carbonyl (C=O) groups excluding carboxylic acids is 1. The lowest BCUT2D eigenvalue weighted by molar-refractivity contribution is -0.648. The second-order valence-electron chi connectivity index (χ2n) is 6.52. The van der Waals surface area contributed by atoms with Gasteiger partial charge in [0.1, 0.15) is 11.0 Å². The molecule has 0 aliphatic rings. The van der Waals surface area contributed by atoms with Crippen molar-refractivity contribution < 1.29 is 14.1 Å². The Labute approximate surface area is 154 Å². The maximum atomic E-state index is 12.2. The van der Waals surface area contributed by atoms with Crippen LogP contribution in [0.5, 0.6) is 0 Å². The van der Waals surface area contributed by atoms with E-state index in [-0.39, 0.29) is 12.5 Å². The van der Waals surface area contributed by atoms with Gasteiger partial charge < -0.3 is 4.74 Å². The molecule has 0 saturated carbocycles. The predicted molar refractivity (Wildman–Crippen MR) is 103 cm³/mol. The van der Waals surface area contributed by atoms with Crippen LogP contribution in [-0.4, -0.2) is 17.1 Å². The molecule has 0 aliphatic heterocycles. The third kappa shape index (κ3) is 3.72. The number of nitrogen functional groups attached to an aromatic ring is 1. The third-order valence-electron chi connectivity index (χ3n) is 4.65. The van der Waals surface area contributed by atoms with Gasteiger partial charge in [0.25, 0.3) is 0 Å². The number of esters is 1. The van der Waals surface area contributed by atoms with E-state index < -0.39 is 0 Å². The van der Waals surface area contributed by atoms with Crippen LogP contribution in [-0.2, 0) is 22.6 Å². The Morgan fingerprint density at radius 2 is 1.88 bits per heavy atom. The lowest BCUT2D eigenvalue weighted by atomic mass is 10.1. The van der Waals surface area contributed by atoms with Crippen molar-refractivity contribution in [3.63, 3.8) is 0 Å². The highest BCUT2D eigenvalue weighted by atomic mass is 16.5. The van der Waals surface area contributed by atoms with Crippen LogP contribution >= 0.6 is 0 Å². The maximum absolute atomic E-state index is 12.2. The smallest absolute Gasteiger partial charge is 0.356 e. The van der Waals surface area contributed by atoms with E-state index in [1.54, 1.807) is 0 Å². The minimum absolute atomic E-state index is 0.122.